The number of nitro benzene ring substituents is 1. The number of hydrogen-bond acceptors (Lipinski definition) is 5. The van der Waals surface area contributed by atoms with Gasteiger partial charge in [-0.3, -0.25) is 14.9 Å². The highest BCUT2D eigenvalue weighted by molar-refractivity contribution is 6.30. The van der Waals surface area contributed by atoms with Crippen molar-refractivity contribution in [3.05, 3.63) is 98.1 Å². The minimum absolute atomic E-state index is 0.151. The summed E-state index contributed by atoms with van der Waals surface area (Å²) < 4.78 is 6.11. The Bertz CT molecular complexity index is 1320. The van der Waals surface area contributed by atoms with Gasteiger partial charge in [0.05, 0.1) is 10.5 Å². The van der Waals surface area contributed by atoms with Crippen molar-refractivity contribution in [3.8, 4) is 11.5 Å². The molecule has 0 fully saturated rings. The molecule has 0 spiro atoms. The van der Waals surface area contributed by atoms with Crippen LogP contribution in [0, 0.1) is 10.1 Å². The molecule has 0 aliphatic carbocycles. The van der Waals surface area contributed by atoms with Crippen LogP contribution in [0.4, 0.5) is 5.69 Å². The molecule has 1 heterocycles. The number of para-hydroxylation sites is 1. The number of nitro groups is 1. The van der Waals surface area contributed by atoms with Gasteiger partial charge in [0.15, 0.2) is 0 Å². The average Bonchev–Trinajstić information content (AvgIpc) is 2.83. The van der Waals surface area contributed by atoms with Crippen molar-refractivity contribution in [3.63, 3.8) is 0 Å². The summed E-state index contributed by atoms with van der Waals surface area (Å²) in [5.41, 5.74) is 0.573. The maximum Gasteiger partial charge on any atom is 0.274 e. The van der Waals surface area contributed by atoms with Gasteiger partial charge in [-0.2, -0.15) is 0 Å². The highest BCUT2D eigenvalue weighted by Crippen LogP contribution is 2.42. The van der Waals surface area contributed by atoms with E-state index in [4.69, 9.17) is 16.3 Å². The molecule has 1 atom stereocenters. The number of aryl methyl sites for hydroxylation is 1. The van der Waals surface area contributed by atoms with Crippen LogP contribution in [0.5, 0.6) is 11.5 Å². The molecule has 1 unspecified atom stereocenters. The predicted octanol–water partition coefficient (Wildman–Crippen LogP) is 5.72. The summed E-state index contributed by atoms with van der Waals surface area (Å²) in [6, 6.07) is 16.7. The summed E-state index contributed by atoms with van der Waals surface area (Å²) in [6.07, 6.45) is 1.97. The minimum atomic E-state index is -1.41. The maximum absolute atomic E-state index is 13.8. The molecule has 1 aliphatic heterocycles. The van der Waals surface area contributed by atoms with Crippen LogP contribution in [0.3, 0.4) is 0 Å². The van der Waals surface area contributed by atoms with Crippen LogP contribution in [0.15, 0.2) is 60.7 Å². The number of phenols is 1. The van der Waals surface area contributed by atoms with Gasteiger partial charge in [0.2, 0.25) is 5.91 Å². The Morgan fingerprint density at radius 3 is 2.67 bits per heavy atom. The third-order valence-corrected chi connectivity index (χ3v) is 7.08. The number of aromatic hydroxyl groups is 1. The Labute approximate surface area is 215 Å². The highest BCUT2D eigenvalue weighted by atomic mass is 35.5. The normalized spacial score (nSPS) is 15.8. The number of benzene rings is 3. The van der Waals surface area contributed by atoms with E-state index in [1.165, 1.54) is 18.2 Å². The van der Waals surface area contributed by atoms with Crippen LogP contribution >= 0.6 is 11.6 Å². The van der Waals surface area contributed by atoms with Crippen molar-refractivity contribution in [1.82, 2.24) is 5.32 Å². The van der Waals surface area contributed by atoms with E-state index in [2.05, 4.69) is 5.32 Å². The number of rotatable bonds is 7. The van der Waals surface area contributed by atoms with Gasteiger partial charge in [0, 0.05) is 17.6 Å². The first-order valence-electron chi connectivity index (χ1n) is 11.8. The van der Waals surface area contributed by atoms with Crippen molar-refractivity contribution in [2.45, 2.75) is 51.0 Å². The molecule has 0 saturated heterocycles. The van der Waals surface area contributed by atoms with Crippen LogP contribution in [-0.2, 0) is 23.1 Å². The van der Waals surface area contributed by atoms with Gasteiger partial charge in [-0.15, -0.1) is 0 Å². The van der Waals surface area contributed by atoms with E-state index in [0.717, 1.165) is 24.2 Å². The second-order valence-corrected chi connectivity index (χ2v) is 10.3. The van der Waals surface area contributed by atoms with Crippen molar-refractivity contribution in [2.75, 3.05) is 6.54 Å². The molecule has 188 valence electrons. The fourth-order valence-corrected chi connectivity index (χ4v) is 4.83. The lowest BCUT2D eigenvalue weighted by Crippen LogP contribution is -2.44. The van der Waals surface area contributed by atoms with Crippen LogP contribution < -0.4 is 10.1 Å². The van der Waals surface area contributed by atoms with E-state index in [0.29, 0.717) is 22.6 Å². The van der Waals surface area contributed by atoms with Crippen LogP contribution in [0.25, 0.3) is 0 Å². The van der Waals surface area contributed by atoms with E-state index in [-0.39, 0.29) is 29.1 Å². The number of fused-ring (bicyclic) bond motifs is 1. The molecule has 3 aromatic rings. The third kappa shape index (κ3) is 5.02. The first-order valence-corrected chi connectivity index (χ1v) is 12.2. The third-order valence-electron chi connectivity index (χ3n) is 6.84. The summed E-state index contributed by atoms with van der Waals surface area (Å²) in [7, 11) is 0. The van der Waals surface area contributed by atoms with Crippen molar-refractivity contribution in [2.24, 2.45) is 0 Å². The molecule has 1 amide bonds. The topological polar surface area (TPSA) is 102 Å². The number of nitrogens with one attached hydrogen (secondary N) is 1. The molecule has 4 rings (SSSR count). The monoisotopic (exact) mass is 508 g/mol. The number of carbonyl (C=O) groups is 1. The van der Waals surface area contributed by atoms with Gasteiger partial charge in [0.1, 0.15) is 22.5 Å². The van der Waals surface area contributed by atoms with E-state index in [1.807, 2.05) is 32.0 Å². The van der Waals surface area contributed by atoms with Crippen molar-refractivity contribution in [1.29, 1.82) is 0 Å². The fourth-order valence-electron chi connectivity index (χ4n) is 4.66. The van der Waals surface area contributed by atoms with E-state index < -0.39 is 16.2 Å². The maximum atomic E-state index is 13.8. The standard InChI is InChI=1S/C28H29ClN2O5/c1-27(2)14-12-19-16-20(8-11-25(19)36-27)28(3,22-17-21(29)9-10-23(22)31(34)35)26(33)30-15-13-18-6-4-5-7-24(18)32/h4-11,16-17,32H,12-15H2,1-3H3,(H,30,33). The number of halogens is 1. The number of amides is 1. The number of carbonyl (C=O) groups excluding carboxylic acids is 1. The van der Waals surface area contributed by atoms with Gasteiger partial charge >= 0.3 is 0 Å². The molecule has 3 aromatic carbocycles. The number of hydrogen-bond donors (Lipinski definition) is 2. The number of phenolic OH excluding ortho intramolecular Hbond substituents is 1. The number of ether oxygens (including phenoxy) is 1. The molecule has 0 saturated carbocycles. The quantitative estimate of drug-likeness (QED) is 0.314. The zero-order valence-electron chi connectivity index (χ0n) is 20.5. The van der Waals surface area contributed by atoms with Gasteiger partial charge in [-0.25, -0.2) is 0 Å². The van der Waals surface area contributed by atoms with Crippen LogP contribution in [-0.4, -0.2) is 28.1 Å². The first-order chi connectivity index (χ1) is 17.0. The molecule has 2 N–H and O–H groups in total. The molecule has 0 aromatic heterocycles. The fraction of sp³-hybridized carbons (Fsp3) is 0.321. The molecule has 8 heteroatoms. The van der Waals surface area contributed by atoms with E-state index in [9.17, 15) is 20.0 Å². The Kier molecular flexibility index (Phi) is 6.96. The zero-order valence-corrected chi connectivity index (χ0v) is 21.3. The van der Waals surface area contributed by atoms with Gasteiger partial charge in [-0.05, 0) is 81.0 Å². The second kappa shape index (κ2) is 9.82. The highest BCUT2D eigenvalue weighted by Gasteiger charge is 2.43. The second-order valence-electron chi connectivity index (χ2n) is 9.86. The van der Waals surface area contributed by atoms with Gasteiger partial charge < -0.3 is 15.2 Å². The van der Waals surface area contributed by atoms with Gasteiger partial charge in [0.25, 0.3) is 5.69 Å². The number of nitrogens with zero attached hydrogens (tertiary/aromatic N) is 1. The molecule has 1 aliphatic rings. The molecule has 0 bridgehead atoms. The van der Waals surface area contributed by atoms with E-state index in [1.54, 1.807) is 31.2 Å². The smallest absolute Gasteiger partial charge is 0.274 e. The first kappa shape index (κ1) is 25.5. The molecule has 0 radical (unpaired) electrons. The van der Waals surface area contributed by atoms with Crippen molar-refractivity contribution < 1.29 is 19.6 Å². The zero-order chi connectivity index (χ0) is 26.1. The molecule has 36 heavy (non-hydrogen) atoms. The van der Waals surface area contributed by atoms with Crippen LogP contribution in [0.2, 0.25) is 5.02 Å². The lowest BCUT2D eigenvalue weighted by Gasteiger charge is -2.35. The summed E-state index contributed by atoms with van der Waals surface area (Å²) >= 11 is 6.27. The molecular formula is C28H29ClN2O5. The Balaban J connectivity index is 1.75. The predicted molar refractivity (Wildman–Crippen MR) is 139 cm³/mol. The SMILES string of the molecule is CC1(C)CCc2cc(C(C)(C(=O)NCCc3ccccc3O)c3cc(Cl)ccc3[N+](=O)[O-])ccc2O1. The van der Waals surface area contributed by atoms with Crippen LogP contribution in [0.1, 0.15) is 49.4 Å². The summed E-state index contributed by atoms with van der Waals surface area (Å²) in [6.45, 7) is 5.97. The summed E-state index contributed by atoms with van der Waals surface area (Å²) in [5.74, 6) is 0.496. The van der Waals surface area contributed by atoms with E-state index >= 15 is 0 Å². The Morgan fingerprint density at radius 1 is 1.19 bits per heavy atom. The summed E-state index contributed by atoms with van der Waals surface area (Å²) in [5, 5.41) is 25.2. The Morgan fingerprint density at radius 2 is 1.94 bits per heavy atom. The average molecular weight is 509 g/mol. The summed E-state index contributed by atoms with van der Waals surface area (Å²) in [4.78, 5) is 25.3. The lowest BCUT2D eigenvalue weighted by molar-refractivity contribution is -0.385. The lowest BCUT2D eigenvalue weighted by atomic mass is 9.73. The van der Waals surface area contributed by atoms with Gasteiger partial charge in [-0.1, -0.05) is 41.9 Å². The minimum Gasteiger partial charge on any atom is -0.508 e. The molecular weight excluding hydrogens is 480 g/mol. The Hall–Kier alpha value is -3.58. The molecule has 7 nitrogen and oxygen atoms in total. The van der Waals surface area contributed by atoms with Crippen molar-refractivity contribution >= 4 is 23.2 Å². The largest absolute Gasteiger partial charge is 0.508 e.